The molecular formula is C11H19O4. The van der Waals surface area contributed by atoms with Crippen molar-refractivity contribution in [2.45, 2.75) is 32.6 Å². The van der Waals surface area contributed by atoms with E-state index in [1.54, 1.807) is 0 Å². The summed E-state index contributed by atoms with van der Waals surface area (Å²) in [4.78, 5) is 22.3. The van der Waals surface area contributed by atoms with Crippen LogP contribution in [0, 0.1) is 12.8 Å². The van der Waals surface area contributed by atoms with E-state index in [1.165, 1.54) is 7.11 Å². The highest BCUT2D eigenvalue weighted by atomic mass is 16.5. The van der Waals surface area contributed by atoms with Gasteiger partial charge in [0, 0.05) is 6.42 Å². The lowest BCUT2D eigenvalue weighted by molar-refractivity contribution is -0.147. The van der Waals surface area contributed by atoms with Crippen molar-refractivity contribution in [2.24, 2.45) is 5.92 Å². The molecule has 0 amide bonds. The third-order valence-electron chi connectivity index (χ3n) is 2.05. The SMILES string of the molecule is [CH2]CC(CCC(=O)OCCC)C(=O)OC. The van der Waals surface area contributed by atoms with Gasteiger partial charge < -0.3 is 9.47 Å². The number of esters is 2. The molecule has 1 atom stereocenters. The predicted molar refractivity (Wildman–Crippen MR) is 56.0 cm³/mol. The average Bonchev–Trinajstić information content (AvgIpc) is 2.26. The van der Waals surface area contributed by atoms with Crippen LogP contribution < -0.4 is 0 Å². The van der Waals surface area contributed by atoms with Crippen LogP contribution in [0.4, 0.5) is 0 Å². The highest BCUT2D eigenvalue weighted by Crippen LogP contribution is 2.12. The number of methoxy groups -OCH3 is 1. The summed E-state index contributed by atoms with van der Waals surface area (Å²) in [7, 11) is 1.33. The van der Waals surface area contributed by atoms with E-state index in [0.29, 0.717) is 19.4 Å². The maximum Gasteiger partial charge on any atom is 0.308 e. The van der Waals surface area contributed by atoms with Gasteiger partial charge in [0.2, 0.25) is 0 Å². The number of hydrogen-bond acceptors (Lipinski definition) is 4. The van der Waals surface area contributed by atoms with Crippen LogP contribution in [0.1, 0.15) is 32.6 Å². The molecule has 0 spiro atoms. The van der Waals surface area contributed by atoms with Gasteiger partial charge in [-0.1, -0.05) is 13.8 Å². The van der Waals surface area contributed by atoms with Gasteiger partial charge in [-0.2, -0.15) is 0 Å². The fourth-order valence-electron chi connectivity index (χ4n) is 1.13. The Morgan fingerprint density at radius 2 is 2.07 bits per heavy atom. The molecule has 0 aliphatic carbocycles. The van der Waals surface area contributed by atoms with E-state index < -0.39 is 0 Å². The summed E-state index contributed by atoms with van der Waals surface area (Å²) >= 11 is 0. The van der Waals surface area contributed by atoms with E-state index >= 15 is 0 Å². The minimum atomic E-state index is -0.312. The first-order valence-corrected chi connectivity index (χ1v) is 5.18. The molecule has 0 aromatic carbocycles. The fourth-order valence-corrected chi connectivity index (χ4v) is 1.13. The molecule has 0 heterocycles. The van der Waals surface area contributed by atoms with Gasteiger partial charge >= 0.3 is 11.9 Å². The molecule has 15 heavy (non-hydrogen) atoms. The number of hydrogen-bond donors (Lipinski definition) is 0. The average molecular weight is 215 g/mol. The Hall–Kier alpha value is -1.06. The van der Waals surface area contributed by atoms with Gasteiger partial charge in [0.15, 0.2) is 0 Å². The topological polar surface area (TPSA) is 52.6 Å². The normalized spacial score (nSPS) is 11.9. The molecule has 1 radical (unpaired) electrons. The smallest absolute Gasteiger partial charge is 0.308 e. The Morgan fingerprint density at radius 1 is 1.40 bits per heavy atom. The second kappa shape index (κ2) is 8.26. The van der Waals surface area contributed by atoms with Crippen LogP contribution in [0.25, 0.3) is 0 Å². The molecule has 0 saturated heterocycles. The van der Waals surface area contributed by atoms with Gasteiger partial charge in [0.25, 0.3) is 0 Å². The third-order valence-corrected chi connectivity index (χ3v) is 2.05. The highest BCUT2D eigenvalue weighted by Gasteiger charge is 2.18. The second-order valence-corrected chi connectivity index (χ2v) is 3.27. The van der Waals surface area contributed by atoms with E-state index in [0.717, 1.165) is 6.42 Å². The zero-order chi connectivity index (χ0) is 11.7. The maximum absolute atomic E-state index is 11.2. The standard InChI is InChI=1S/C11H19O4/c1-4-8-15-10(12)7-6-9(5-2)11(13)14-3/h9H,2,4-8H2,1,3H3. The number of ether oxygens (including phenoxy) is 2. The van der Waals surface area contributed by atoms with Crippen LogP contribution >= 0.6 is 0 Å². The molecule has 4 heteroatoms. The van der Waals surface area contributed by atoms with Crippen molar-refractivity contribution in [2.75, 3.05) is 13.7 Å². The van der Waals surface area contributed by atoms with Gasteiger partial charge in [-0.25, -0.2) is 0 Å². The van der Waals surface area contributed by atoms with Crippen LogP contribution in [-0.4, -0.2) is 25.7 Å². The molecule has 0 N–H and O–H groups in total. The van der Waals surface area contributed by atoms with Crippen LogP contribution in [0.2, 0.25) is 0 Å². The van der Waals surface area contributed by atoms with Gasteiger partial charge in [-0.05, 0) is 19.3 Å². The summed E-state index contributed by atoms with van der Waals surface area (Å²) in [6, 6.07) is 0. The van der Waals surface area contributed by atoms with E-state index in [4.69, 9.17) is 4.74 Å². The molecule has 0 aliphatic heterocycles. The molecular weight excluding hydrogens is 196 g/mol. The number of carbonyl (C=O) groups is 2. The van der Waals surface area contributed by atoms with Crippen LogP contribution in [0.5, 0.6) is 0 Å². The summed E-state index contributed by atoms with van der Waals surface area (Å²) in [5.41, 5.74) is 0. The lowest BCUT2D eigenvalue weighted by atomic mass is 10.0. The second-order valence-electron chi connectivity index (χ2n) is 3.27. The van der Waals surface area contributed by atoms with Crippen molar-refractivity contribution in [3.8, 4) is 0 Å². The molecule has 0 aromatic rings. The zero-order valence-corrected chi connectivity index (χ0v) is 9.45. The molecule has 0 aliphatic rings. The van der Waals surface area contributed by atoms with Gasteiger partial charge in [-0.15, -0.1) is 0 Å². The Morgan fingerprint density at radius 3 is 2.53 bits per heavy atom. The predicted octanol–water partition coefficient (Wildman–Crippen LogP) is 1.73. The molecule has 0 fully saturated rings. The first-order chi connectivity index (χ1) is 7.15. The Balaban J connectivity index is 3.80. The van der Waals surface area contributed by atoms with Crippen LogP contribution in [0.3, 0.4) is 0 Å². The summed E-state index contributed by atoms with van der Waals surface area (Å²) in [5, 5.41) is 0. The zero-order valence-electron chi connectivity index (χ0n) is 9.45. The quantitative estimate of drug-likeness (QED) is 0.607. The molecule has 87 valence electrons. The van der Waals surface area contributed by atoms with Gasteiger partial charge in [0.1, 0.15) is 0 Å². The molecule has 4 nitrogen and oxygen atoms in total. The summed E-state index contributed by atoms with van der Waals surface area (Å²) < 4.78 is 9.47. The van der Waals surface area contributed by atoms with Crippen LogP contribution in [0.15, 0.2) is 0 Å². The summed E-state index contributed by atoms with van der Waals surface area (Å²) in [6.45, 7) is 6.01. The van der Waals surface area contributed by atoms with E-state index in [-0.39, 0.29) is 24.3 Å². The molecule has 0 bridgehead atoms. The van der Waals surface area contributed by atoms with Gasteiger partial charge in [0.05, 0.1) is 19.6 Å². The van der Waals surface area contributed by atoms with Crippen molar-refractivity contribution in [3.63, 3.8) is 0 Å². The maximum atomic E-state index is 11.2. The lowest BCUT2D eigenvalue weighted by Crippen LogP contribution is -2.17. The third kappa shape index (κ3) is 6.10. The largest absolute Gasteiger partial charge is 0.469 e. The van der Waals surface area contributed by atoms with Crippen molar-refractivity contribution in [1.29, 1.82) is 0 Å². The van der Waals surface area contributed by atoms with E-state index in [2.05, 4.69) is 11.7 Å². The summed E-state index contributed by atoms with van der Waals surface area (Å²) in [5.74, 6) is -0.878. The van der Waals surface area contributed by atoms with E-state index in [1.807, 2.05) is 6.92 Å². The molecule has 0 rings (SSSR count). The Bertz CT molecular complexity index is 201. The molecule has 1 unspecified atom stereocenters. The Labute approximate surface area is 90.9 Å². The minimum absolute atomic E-state index is 0.245. The fraction of sp³-hybridized carbons (Fsp3) is 0.727. The first kappa shape index (κ1) is 13.9. The monoisotopic (exact) mass is 215 g/mol. The minimum Gasteiger partial charge on any atom is -0.469 e. The summed E-state index contributed by atoms with van der Waals surface area (Å²) in [6.07, 6.45) is 1.93. The van der Waals surface area contributed by atoms with Crippen molar-refractivity contribution in [1.82, 2.24) is 0 Å². The van der Waals surface area contributed by atoms with Crippen molar-refractivity contribution < 1.29 is 19.1 Å². The van der Waals surface area contributed by atoms with Crippen molar-refractivity contribution >= 4 is 11.9 Å². The molecule has 0 aromatic heterocycles. The number of rotatable bonds is 7. The Kier molecular flexibility index (Phi) is 7.68. The van der Waals surface area contributed by atoms with E-state index in [9.17, 15) is 9.59 Å². The first-order valence-electron chi connectivity index (χ1n) is 5.18. The highest BCUT2D eigenvalue weighted by molar-refractivity contribution is 5.74. The van der Waals surface area contributed by atoms with Crippen molar-refractivity contribution in [3.05, 3.63) is 6.92 Å². The van der Waals surface area contributed by atoms with Crippen LogP contribution in [-0.2, 0) is 19.1 Å². The molecule has 0 saturated carbocycles. The van der Waals surface area contributed by atoms with Gasteiger partial charge in [-0.3, -0.25) is 9.59 Å². The lowest BCUT2D eigenvalue weighted by Gasteiger charge is -2.11. The number of carbonyl (C=O) groups excluding carboxylic acids is 2.